The molecule has 1 aromatic carbocycles. The molecule has 0 radical (unpaired) electrons. The molecule has 0 aliphatic carbocycles. The number of ether oxygens (including phenoxy) is 1. The number of benzene rings is 1. The van der Waals surface area contributed by atoms with Gasteiger partial charge in [0.05, 0.1) is 16.7 Å². The molecule has 9 heteroatoms. The average Bonchev–Trinajstić information content (AvgIpc) is 2.35. The number of carbonyl (C=O) groups excluding carboxylic acids is 1. The topological polar surface area (TPSA) is 87.7 Å². The molecule has 1 aromatic rings. The van der Waals surface area contributed by atoms with Crippen molar-refractivity contribution in [2.75, 3.05) is 19.0 Å². The summed E-state index contributed by atoms with van der Waals surface area (Å²) in [5.74, 6) is -2.06. The summed E-state index contributed by atoms with van der Waals surface area (Å²) >= 11 is 11.1. The van der Waals surface area contributed by atoms with Crippen molar-refractivity contribution >= 4 is 40.9 Å². The maximum absolute atomic E-state index is 13.2. The van der Waals surface area contributed by atoms with E-state index in [-0.39, 0.29) is 22.3 Å². The van der Waals surface area contributed by atoms with Crippen molar-refractivity contribution in [1.82, 2.24) is 5.32 Å². The van der Waals surface area contributed by atoms with E-state index in [2.05, 4.69) is 15.4 Å². The lowest BCUT2D eigenvalue weighted by Gasteiger charge is -2.14. The fourth-order valence-electron chi connectivity index (χ4n) is 1.29. The third-order valence-corrected chi connectivity index (χ3v) is 2.73. The third kappa shape index (κ3) is 4.52. The summed E-state index contributed by atoms with van der Waals surface area (Å²) in [5, 5.41) is 12.8. The quantitative estimate of drug-likeness (QED) is 0.725. The predicted octanol–water partition coefficient (Wildman–Crippen LogP) is 2.35. The Hall–Kier alpha value is -1.57. The van der Waals surface area contributed by atoms with Crippen LogP contribution in [0.1, 0.15) is 0 Å². The Balaban J connectivity index is 2.73. The van der Waals surface area contributed by atoms with Crippen LogP contribution in [-0.4, -0.2) is 36.9 Å². The molecule has 20 heavy (non-hydrogen) atoms. The molecule has 0 spiro atoms. The number of carboxylic acids is 1. The molecule has 1 unspecified atom stereocenters. The molecule has 0 bridgehead atoms. The fraction of sp³-hybridized carbons (Fsp3) is 0.273. The largest absolute Gasteiger partial charge is 0.480 e. The number of hydrogen-bond donors (Lipinski definition) is 3. The van der Waals surface area contributed by atoms with Crippen molar-refractivity contribution < 1.29 is 23.8 Å². The van der Waals surface area contributed by atoms with Crippen LogP contribution < -0.4 is 10.6 Å². The molecule has 3 N–H and O–H groups in total. The molecule has 6 nitrogen and oxygen atoms in total. The minimum Gasteiger partial charge on any atom is -0.480 e. The van der Waals surface area contributed by atoms with Crippen LogP contribution in [-0.2, 0) is 9.53 Å². The van der Waals surface area contributed by atoms with Gasteiger partial charge in [0.15, 0.2) is 11.9 Å². The lowest BCUT2D eigenvalue weighted by Crippen LogP contribution is -2.45. The molecule has 110 valence electrons. The Morgan fingerprint density at radius 2 is 1.95 bits per heavy atom. The van der Waals surface area contributed by atoms with Gasteiger partial charge in [0.25, 0.3) is 0 Å². The highest BCUT2D eigenvalue weighted by atomic mass is 35.5. The Labute approximate surface area is 123 Å². The maximum Gasteiger partial charge on any atom is 0.328 e. The molecular formula is C11H11Cl2FN2O4. The number of urea groups is 1. The first-order valence-electron chi connectivity index (χ1n) is 5.29. The van der Waals surface area contributed by atoms with Gasteiger partial charge in [-0.25, -0.2) is 14.0 Å². The van der Waals surface area contributed by atoms with Crippen LogP contribution in [0, 0.1) is 5.82 Å². The minimum absolute atomic E-state index is 0.125. The second kappa shape index (κ2) is 7.28. The van der Waals surface area contributed by atoms with Gasteiger partial charge in [-0.05, 0) is 12.1 Å². The van der Waals surface area contributed by atoms with E-state index in [4.69, 9.17) is 28.3 Å². The number of amides is 2. The smallest absolute Gasteiger partial charge is 0.328 e. The van der Waals surface area contributed by atoms with Crippen molar-refractivity contribution in [1.29, 1.82) is 0 Å². The monoisotopic (exact) mass is 324 g/mol. The molecule has 0 saturated carbocycles. The third-order valence-electron chi connectivity index (χ3n) is 2.18. The SMILES string of the molecule is COCC(NC(=O)Nc1cc(Cl)c(F)c(Cl)c1)C(=O)O. The molecular weight excluding hydrogens is 314 g/mol. The van der Waals surface area contributed by atoms with Crippen LogP contribution in [0.5, 0.6) is 0 Å². The van der Waals surface area contributed by atoms with Gasteiger partial charge in [-0.3, -0.25) is 0 Å². The fourth-order valence-corrected chi connectivity index (χ4v) is 1.78. The van der Waals surface area contributed by atoms with Crippen LogP contribution in [0.25, 0.3) is 0 Å². The van der Waals surface area contributed by atoms with Gasteiger partial charge in [0.2, 0.25) is 0 Å². The van der Waals surface area contributed by atoms with Gasteiger partial charge in [-0.2, -0.15) is 0 Å². The highest BCUT2D eigenvalue weighted by Gasteiger charge is 2.20. The van der Waals surface area contributed by atoms with Crippen molar-refractivity contribution in [3.8, 4) is 0 Å². The van der Waals surface area contributed by atoms with Crippen molar-refractivity contribution in [2.24, 2.45) is 0 Å². The number of aliphatic carboxylic acids is 1. The predicted molar refractivity (Wildman–Crippen MR) is 71.9 cm³/mol. The van der Waals surface area contributed by atoms with Crippen molar-refractivity contribution in [3.63, 3.8) is 0 Å². The Morgan fingerprint density at radius 3 is 2.40 bits per heavy atom. The van der Waals surface area contributed by atoms with Crippen molar-refractivity contribution in [3.05, 3.63) is 28.0 Å². The van der Waals surface area contributed by atoms with Crippen LogP contribution in [0.4, 0.5) is 14.9 Å². The van der Waals surface area contributed by atoms with Crippen LogP contribution in [0.3, 0.4) is 0 Å². The molecule has 0 fully saturated rings. The normalized spacial score (nSPS) is 11.8. The van der Waals surface area contributed by atoms with Gasteiger partial charge < -0.3 is 20.5 Å². The zero-order chi connectivity index (χ0) is 15.3. The van der Waals surface area contributed by atoms with Gasteiger partial charge in [0, 0.05) is 12.8 Å². The van der Waals surface area contributed by atoms with E-state index >= 15 is 0 Å². The van der Waals surface area contributed by atoms with Crippen LogP contribution in [0.15, 0.2) is 12.1 Å². The number of nitrogens with one attached hydrogen (secondary N) is 2. The summed E-state index contributed by atoms with van der Waals surface area (Å²) in [5.41, 5.74) is 0.125. The molecule has 0 aromatic heterocycles. The molecule has 1 atom stereocenters. The Kier molecular flexibility index (Phi) is 6.00. The first kappa shape index (κ1) is 16.5. The lowest BCUT2D eigenvalue weighted by molar-refractivity contribution is -0.140. The Morgan fingerprint density at radius 1 is 1.40 bits per heavy atom. The first-order valence-corrected chi connectivity index (χ1v) is 6.04. The maximum atomic E-state index is 13.2. The summed E-state index contributed by atoms with van der Waals surface area (Å²) in [6.45, 7) is -0.201. The number of anilines is 1. The average molecular weight is 325 g/mol. The van der Waals surface area contributed by atoms with Gasteiger partial charge in [-0.1, -0.05) is 23.2 Å². The second-order valence-electron chi connectivity index (χ2n) is 3.70. The summed E-state index contributed by atoms with van der Waals surface area (Å²) in [6.07, 6.45) is 0. The Bertz CT molecular complexity index is 504. The van der Waals surface area contributed by atoms with Gasteiger partial charge >= 0.3 is 12.0 Å². The number of carbonyl (C=O) groups is 2. The van der Waals surface area contributed by atoms with Gasteiger partial charge in [-0.15, -0.1) is 0 Å². The van der Waals surface area contributed by atoms with Crippen LogP contribution >= 0.6 is 23.2 Å². The first-order chi connectivity index (χ1) is 9.35. The summed E-state index contributed by atoms with van der Waals surface area (Å²) in [7, 11) is 1.30. The number of rotatable bonds is 5. The molecule has 1 rings (SSSR count). The van der Waals surface area contributed by atoms with E-state index in [9.17, 15) is 14.0 Å². The number of hydrogen-bond acceptors (Lipinski definition) is 3. The molecule has 0 saturated heterocycles. The summed E-state index contributed by atoms with van der Waals surface area (Å²) < 4.78 is 17.8. The molecule has 0 aliphatic heterocycles. The summed E-state index contributed by atoms with van der Waals surface area (Å²) in [4.78, 5) is 22.4. The van der Waals surface area contributed by atoms with E-state index in [1.165, 1.54) is 7.11 Å². The summed E-state index contributed by atoms with van der Waals surface area (Å²) in [6, 6.07) is 0.266. The van der Waals surface area contributed by atoms with Gasteiger partial charge in [0.1, 0.15) is 0 Å². The highest BCUT2D eigenvalue weighted by molar-refractivity contribution is 6.35. The standard InChI is InChI=1S/C11H11Cl2FN2O4/c1-20-4-8(10(17)18)16-11(19)15-5-2-6(12)9(14)7(13)3-5/h2-3,8H,4H2,1H3,(H,17,18)(H2,15,16,19). The van der Waals surface area contributed by atoms with E-state index in [0.717, 1.165) is 12.1 Å². The molecule has 2 amide bonds. The van der Waals surface area contributed by atoms with E-state index < -0.39 is 23.9 Å². The second-order valence-corrected chi connectivity index (χ2v) is 4.51. The number of halogens is 3. The lowest BCUT2D eigenvalue weighted by atomic mass is 10.3. The molecule has 0 heterocycles. The number of methoxy groups -OCH3 is 1. The van der Waals surface area contributed by atoms with Crippen molar-refractivity contribution in [2.45, 2.75) is 6.04 Å². The molecule has 0 aliphatic rings. The van der Waals surface area contributed by atoms with E-state index in [1.54, 1.807) is 0 Å². The zero-order valence-electron chi connectivity index (χ0n) is 10.2. The van der Waals surface area contributed by atoms with E-state index in [0.29, 0.717) is 0 Å². The number of carboxylic acid groups (broad SMARTS) is 1. The highest BCUT2D eigenvalue weighted by Crippen LogP contribution is 2.27. The van der Waals surface area contributed by atoms with E-state index in [1.807, 2.05) is 0 Å². The van der Waals surface area contributed by atoms with Crippen LogP contribution in [0.2, 0.25) is 10.0 Å². The zero-order valence-corrected chi connectivity index (χ0v) is 11.8. The minimum atomic E-state index is -1.25.